The van der Waals surface area contributed by atoms with E-state index in [0.717, 1.165) is 11.1 Å². The molecule has 12 heteroatoms. The number of likely N-dealkylation sites (tertiary alicyclic amines) is 2. The summed E-state index contributed by atoms with van der Waals surface area (Å²) >= 11 is 0. The number of phenolic OH excluding ortho intramolecular Hbond substituents is 1. The summed E-state index contributed by atoms with van der Waals surface area (Å²) in [5, 5.41) is 16.3. The Kier molecular flexibility index (Phi) is 8.32. The third-order valence-electron chi connectivity index (χ3n) is 8.74. The first-order valence-corrected chi connectivity index (χ1v) is 14.7. The lowest BCUT2D eigenvalue weighted by Crippen LogP contribution is -2.49. The van der Waals surface area contributed by atoms with Gasteiger partial charge in [0.15, 0.2) is 0 Å². The topological polar surface area (TPSA) is 112 Å². The van der Waals surface area contributed by atoms with Crippen LogP contribution < -0.4 is 5.32 Å². The molecule has 2 aliphatic rings. The van der Waals surface area contributed by atoms with E-state index in [9.17, 15) is 27.9 Å². The van der Waals surface area contributed by atoms with Crippen LogP contribution in [0.25, 0.3) is 11.4 Å². The first-order chi connectivity index (χ1) is 21.6. The number of aromatic nitrogens is 2. The van der Waals surface area contributed by atoms with Gasteiger partial charge in [-0.3, -0.25) is 14.5 Å². The van der Waals surface area contributed by atoms with Crippen molar-refractivity contribution in [3.8, 4) is 17.1 Å². The van der Waals surface area contributed by atoms with Crippen LogP contribution in [0.5, 0.6) is 5.75 Å². The van der Waals surface area contributed by atoms with Crippen LogP contribution in [0, 0.1) is 11.3 Å². The van der Waals surface area contributed by atoms with Crippen LogP contribution in [0.4, 0.5) is 13.2 Å². The summed E-state index contributed by atoms with van der Waals surface area (Å²) < 4.78 is 43.2. The molecule has 0 radical (unpaired) electrons. The number of nitrogens with one attached hydrogen (secondary N) is 1. The fourth-order valence-electron chi connectivity index (χ4n) is 6.47. The molecule has 3 aromatic carbocycles. The fraction of sp³-hybridized carbons (Fsp3) is 0.333. The van der Waals surface area contributed by atoms with Crippen LogP contribution in [0.3, 0.4) is 0 Å². The molecule has 45 heavy (non-hydrogen) atoms. The second kappa shape index (κ2) is 12.4. The first kappa shape index (κ1) is 30.3. The molecule has 0 aliphatic carbocycles. The molecule has 1 atom stereocenters. The molecule has 4 aromatic rings. The third-order valence-corrected chi connectivity index (χ3v) is 8.74. The van der Waals surface area contributed by atoms with Crippen LogP contribution in [-0.4, -0.2) is 63.0 Å². The summed E-state index contributed by atoms with van der Waals surface area (Å²) in [6.45, 7) is 3.16. The lowest BCUT2D eigenvalue weighted by Gasteiger charge is -2.42. The molecule has 234 valence electrons. The standard InChI is InChI=1S/C33H32F3N5O4/c34-33(35,36)31-38-28(39-45-31)24-9-5-10-25(17-24)30(44)41-14-12-32(13-15-41)21-40(19-22-6-2-1-3-7-22)20-27(32)29(43)37-18-23-8-4-11-26(42)16-23/h1-11,16-17,27,42H,12-15,18-21H2,(H,37,43). The van der Waals surface area contributed by atoms with E-state index in [1.807, 2.05) is 24.3 Å². The Morgan fingerprint density at radius 1 is 0.978 bits per heavy atom. The number of carbonyl (C=O) groups excluding carboxylic acids is 2. The van der Waals surface area contributed by atoms with Crippen molar-refractivity contribution < 1.29 is 32.4 Å². The summed E-state index contributed by atoms with van der Waals surface area (Å²) in [7, 11) is 0. The molecule has 0 bridgehead atoms. The Morgan fingerprint density at radius 3 is 2.42 bits per heavy atom. The number of alkyl halides is 3. The smallest absolute Gasteiger partial charge is 0.471 e. The number of halogens is 3. The quantitative estimate of drug-likeness (QED) is 0.295. The minimum absolute atomic E-state index is 0.0558. The molecule has 9 nitrogen and oxygen atoms in total. The minimum Gasteiger partial charge on any atom is -0.508 e. The van der Waals surface area contributed by atoms with E-state index in [-0.39, 0.29) is 40.3 Å². The van der Waals surface area contributed by atoms with Crippen LogP contribution in [0.1, 0.15) is 40.2 Å². The zero-order valence-electron chi connectivity index (χ0n) is 24.3. The van der Waals surface area contributed by atoms with Crippen LogP contribution in [0.15, 0.2) is 83.4 Å². The fourth-order valence-corrected chi connectivity index (χ4v) is 6.47. The highest BCUT2D eigenvalue weighted by Gasteiger charge is 2.51. The molecule has 2 amide bonds. The number of nitrogens with zero attached hydrogens (tertiary/aromatic N) is 4. The molecule has 1 spiro atoms. The zero-order chi connectivity index (χ0) is 31.6. The van der Waals surface area contributed by atoms with Gasteiger partial charge in [-0.15, -0.1) is 0 Å². The van der Waals surface area contributed by atoms with Crippen molar-refractivity contribution >= 4 is 11.8 Å². The Bertz CT molecular complexity index is 1670. The van der Waals surface area contributed by atoms with Gasteiger partial charge < -0.3 is 19.8 Å². The molecule has 2 aliphatic heterocycles. The van der Waals surface area contributed by atoms with Crippen molar-refractivity contribution in [3.05, 3.63) is 101 Å². The van der Waals surface area contributed by atoms with Crippen molar-refractivity contribution in [2.75, 3.05) is 26.2 Å². The van der Waals surface area contributed by atoms with Gasteiger partial charge in [-0.05, 0) is 53.6 Å². The highest BCUT2D eigenvalue weighted by Crippen LogP contribution is 2.45. The van der Waals surface area contributed by atoms with Crippen LogP contribution in [-0.2, 0) is 24.1 Å². The maximum absolute atomic E-state index is 13.7. The summed E-state index contributed by atoms with van der Waals surface area (Å²) in [6, 6.07) is 23.0. The molecule has 2 fully saturated rings. The monoisotopic (exact) mass is 619 g/mol. The second-order valence-corrected chi connectivity index (χ2v) is 11.8. The number of rotatable bonds is 7. The van der Waals surface area contributed by atoms with Gasteiger partial charge in [0.1, 0.15) is 5.75 Å². The van der Waals surface area contributed by atoms with Gasteiger partial charge in [-0.1, -0.05) is 59.8 Å². The molecule has 1 unspecified atom stereocenters. The van der Waals surface area contributed by atoms with Gasteiger partial charge >= 0.3 is 12.1 Å². The van der Waals surface area contributed by atoms with E-state index in [0.29, 0.717) is 57.7 Å². The second-order valence-electron chi connectivity index (χ2n) is 11.8. The molecule has 2 saturated heterocycles. The maximum atomic E-state index is 13.7. The van der Waals surface area contributed by atoms with Gasteiger partial charge in [0, 0.05) is 50.4 Å². The molecule has 6 rings (SSSR count). The van der Waals surface area contributed by atoms with E-state index in [2.05, 4.69) is 37.0 Å². The van der Waals surface area contributed by atoms with Gasteiger partial charge in [0.2, 0.25) is 11.7 Å². The molecular formula is C33H32F3N5O4. The van der Waals surface area contributed by atoms with Crippen LogP contribution >= 0.6 is 0 Å². The van der Waals surface area contributed by atoms with E-state index in [1.54, 1.807) is 35.2 Å². The highest BCUT2D eigenvalue weighted by molar-refractivity contribution is 5.95. The normalized spacial score (nSPS) is 18.3. The van der Waals surface area contributed by atoms with E-state index in [1.165, 1.54) is 12.1 Å². The minimum atomic E-state index is -4.77. The summed E-state index contributed by atoms with van der Waals surface area (Å²) in [5.74, 6) is -2.17. The van der Waals surface area contributed by atoms with Crippen LogP contribution in [0.2, 0.25) is 0 Å². The molecule has 3 heterocycles. The lowest BCUT2D eigenvalue weighted by molar-refractivity contribution is -0.159. The summed E-state index contributed by atoms with van der Waals surface area (Å²) in [4.78, 5) is 34.7. The van der Waals surface area contributed by atoms with Crippen molar-refractivity contribution in [3.63, 3.8) is 0 Å². The van der Waals surface area contributed by atoms with Gasteiger partial charge in [0.25, 0.3) is 5.91 Å². The van der Waals surface area contributed by atoms with E-state index >= 15 is 0 Å². The maximum Gasteiger partial charge on any atom is 0.471 e. The summed E-state index contributed by atoms with van der Waals surface area (Å²) in [6.07, 6.45) is -3.53. The Labute approximate surface area is 257 Å². The Balaban J connectivity index is 1.16. The molecule has 2 N–H and O–H groups in total. The third kappa shape index (κ3) is 6.70. The first-order valence-electron chi connectivity index (χ1n) is 14.7. The Morgan fingerprint density at radius 2 is 1.71 bits per heavy atom. The van der Waals surface area contributed by atoms with Gasteiger partial charge in [-0.2, -0.15) is 18.2 Å². The number of phenols is 1. The average molecular weight is 620 g/mol. The SMILES string of the molecule is O=C(NCc1cccc(O)c1)C1CN(Cc2ccccc2)CC12CCN(C(=O)c1cccc(-c3noc(C(F)(F)F)n3)c1)CC2. The van der Waals surface area contributed by atoms with Crippen molar-refractivity contribution in [2.45, 2.75) is 32.1 Å². The van der Waals surface area contributed by atoms with Gasteiger partial charge in [-0.25, -0.2) is 0 Å². The van der Waals surface area contributed by atoms with Crippen molar-refractivity contribution in [1.29, 1.82) is 0 Å². The van der Waals surface area contributed by atoms with Crippen molar-refractivity contribution in [2.24, 2.45) is 11.3 Å². The number of piperidine rings is 1. The number of amides is 2. The summed E-state index contributed by atoms with van der Waals surface area (Å²) in [5.41, 5.74) is 2.16. The lowest BCUT2D eigenvalue weighted by atomic mass is 9.70. The van der Waals surface area contributed by atoms with Gasteiger partial charge in [0.05, 0.1) is 5.92 Å². The van der Waals surface area contributed by atoms with Crippen molar-refractivity contribution in [1.82, 2.24) is 25.3 Å². The molecule has 0 saturated carbocycles. The largest absolute Gasteiger partial charge is 0.508 e. The average Bonchev–Trinajstić information content (AvgIpc) is 3.67. The number of benzene rings is 3. The molecular weight excluding hydrogens is 587 g/mol. The molecule has 1 aromatic heterocycles. The zero-order valence-corrected chi connectivity index (χ0v) is 24.3. The number of hydrogen-bond acceptors (Lipinski definition) is 7. The van der Waals surface area contributed by atoms with E-state index < -0.39 is 12.1 Å². The Hall–Kier alpha value is -4.71. The number of carbonyl (C=O) groups is 2. The highest BCUT2D eigenvalue weighted by atomic mass is 19.4. The number of aromatic hydroxyl groups is 1. The van der Waals surface area contributed by atoms with E-state index in [4.69, 9.17) is 0 Å². The predicted octanol–water partition coefficient (Wildman–Crippen LogP) is 5.13. The number of hydrogen-bond donors (Lipinski definition) is 2. The predicted molar refractivity (Wildman–Crippen MR) is 157 cm³/mol.